The topological polar surface area (TPSA) is 215 Å². The highest BCUT2D eigenvalue weighted by Gasteiger charge is 2.32. The van der Waals surface area contributed by atoms with Crippen LogP contribution in [0, 0.1) is 11.8 Å². The van der Waals surface area contributed by atoms with Crippen molar-refractivity contribution in [2.75, 3.05) is 18.6 Å². The minimum absolute atomic E-state index is 0.0429. The number of thioether (sulfide) groups is 1. The molecule has 0 saturated heterocycles. The summed E-state index contributed by atoms with van der Waals surface area (Å²) in [6.45, 7) is 7.15. The molecule has 3 amide bonds. The lowest BCUT2D eigenvalue weighted by atomic mass is 9.99. The molecule has 4 atom stereocenters. The molecule has 4 unspecified atom stereocenters. The van der Waals surface area contributed by atoms with Crippen LogP contribution in [0.15, 0.2) is 4.99 Å². The van der Waals surface area contributed by atoms with E-state index < -0.39 is 47.9 Å². The Kier molecular flexibility index (Phi) is 14.9. The summed E-state index contributed by atoms with van der Waals surface area (Å²) in [4.78, 5) is 53.6. The molecule has 0 aliphatic rings. The summed E-state index contributed by atoms with van der Waals surface area (Å²) in [6.07, 6.45) is 3.01. The molecule has 0 aliphatic heterocycles. The van der Waals surface area contributed by atoms with E-state index in [2.05, 4.69) is 20.9 Å². The van der Waals surface area contributed by atoms with Crippen molar-refractivity contribution in [2.24, 2.45) is 34.0 Å². The largest absolute Gasteiger partial charge is 0.480 e. The first kappa shape index (κ1) is 31.5. The Bertz CT molecular complexity index is 714. The predicted octanol–water partition coefficient (Wildman–Crippen LogP) is -1.03. The van der Waals surface area contributed by atoms with E-state index in [1.165, 1.54) is 11.8 Å². The van der Waals surface area contributed by atoms with Crippen LogP contribution >= 0.6 is 11.8 Å². The quantitative estimate of drug-likeness (QED) is 0.0777. The van der Waals surface area contributed by atoms with Gasteiger partial charge in [-0.25, -0.2) is 4.79 Å². The maximum absolute atomic E-state index is 13.0. The Morgan fingerprint density at radius 2 is 1.44 bits per heavy atom. The number of rotatable bonds is 16. The predicted molar refractivity (Wildman–Crippen MR) is 134 cm³/mol. The van der Waals surface area contributed by atoms with Crippen molar-refractivity contribution in [3.63, 3.8) is 0 Å². The lowest BCUT2D eigenvalue weighted by Crippen LogP contribution is -2.59. The Morgan fingerprint density at radius 1 is 0.882 bits per heavy atom. The van der Waals surface area contributed by atoms with Crippen LogP contribution in [0.25, 0.3) is 0 Å². The SMILES string of the molecule is CSCCC(NC(=O)C(N)CCCN=C(N)N)C(=O)NC(C(=O)NC(C(=O)O)C(C)C)C(C)C. The Balaban J connectivity index is 5.27. The summed E-state index contributed by atoms with van der Waals surface area (Å²) in [6, 6.07) is -3.83. The highest BCUT2D eigenvalue weighted by molar-refractivity contribution is 7.98. The van der Waals surface area contributed by atoms with Gasteiger partial charge in [-0.3, -0.25) is 19.4 Å². The van der Waals surface area contributed by atoms with Gasteiger partial charge in [-0.1, -0.05) is 27.7 Å². The number of hydrogen-bond acceptors (Lipinski definition) is 7. The first-order chi connectivity index (χ1) is 15.8. The van der Waals surface area contributed by atoms with Crippen molar-refractivity contribution in [3.8, 4) is 0 Å². The van der Waals surface area contributed by atoms with E-state index in [-0.39, 0.29) is 17.8 Å². The van der Waals surface area contributed by atoms with Crippen LogP contribution in [0.5, 0.6) is 0 Å². The zero-order valence-corrected chi connectivity index (χ0v) is 21.5. The van der Waals surface area contributed by atoms with Crippen LogP contribution in [-0.4, -0.2) is 77.5 Å². The number of aliphatic carboxylic acids is 1. The molecule has 10 N–H and O–H groups in total. The minimum Gasteiger partial charge on any atom is -0.480 e. The van der Waals surface area contributed by atoms with E-state index in [1.54, 1.807) is 27.7 Å². The normalized spacial score (nSPS) is 14.6. The molecule has 0 aliphatic carbocycles. The molecule has 0 aromatic carbocycles. The van der Waals surface area contributed by atoms with Crippen molar-refractivity contribution in [3.05, 3.63) is 0 Å². The molecule has 196 valence electrons. The van der Waals surface area contributed by atoms with Gasteiger partial charge in [0.1, 0.15) is 18.1 Å². The van der Waals surface area contributed by atoms with Gasteiger partial charge in [-0.05, 0) is 43.1 Å². The molecule has 0 aromatic rings. The number of carboxylic acids is 1. The summed E-state index contributed by atoms with van der Waals surface area (Å²) in [5.74, 6) is -2.91. The van der Waals surface area contributed by atoms with Gasteiger partial charge in [0.15, 0.2) is 5.96 Å². The van der Waals surface area contributed by atoms with Gasteiger partial charge in [0.05, 0.1) is 6.04 Å². The maximum Gasteiger partial charge on any atom is 0.326 e. The molecule has 0 spiro atoms. The zero-order chi connectivity index (χ0) is 26.4. The van der Waals surface area contributed by atoms with E-state index in [0.29, 0.717) is 31.6 Å². The summed E-state index contributed by atoms with van der Waals surface area (Å²) in [7, 11) is 0. The summed E-state index contributed by atoms with van der Waals surface area (Å²) < 4.78 is 0. The fraction of sp³-hybridized carbons (Fsp3) is 0.762. The fourth-order valence-electron chi connectivity index (χ4n) is 2.98. The molecule has 13 heteroatoms. The van der Waals surface area contributed by atoms with Crippen LogP contribution in [0.3, 0.4) is 0 Å². The van der Waals surface area contributed by atoms with Gasteiger partial charge in [-0.15, -0.1) is 0 Å². The average Bonchev–Trinajstić information content (AvgIpc) is 2.74. The standard InChI is InChI=1S/C21H41N7O5S/c1-11(2)15(19(31)28-16(12(3)4)20(32)33)27-18(30)14(8-10-34-5)26-17(29)13(22)7-6-9-25-21(23)24/h11-16H,6-10,22H2,1-5H3,(H,26,29)(H,27,30)(H,28,31)(H,32,33)(H4,23,24,25). The van der Waals surface area contributed by atoms with Crippen LogP contribution in [0.4, 0.5) is 0 Å². The third-order valence-electron chi connectivity index (χ3n) is 5.03. The van der Waals surface area contributed by atoms with Crippen LogP contribution in [-0.2, 0) is 19.2 Å². The van der Waals surface area contributed by atoms with E-state index in [4.69, 9.17) is 17.2 Å². The third-order valence-corrected chi connectivity index (χ3v) is 5.67. The molecular formula is C21H41N7O5S. The van der Waals surface area contributed by atoms with Crippen LogP contribution < -0.4 is 33.2 Å². The average molecular weight is 504 g/mol. The summed E-state index contributed by atoms with van der Waals surface area (Å²) in [5, 5.41) is 17.2. The smallest absolute Gasteiger partial charge is 0.326 e. The van der Waals surface area contributed by atoms with Crippen LogP contribution in [0.1, 0.15) is 47.0 Å². The van der Waals surface area contributed by atoms with Gasteiger partial charge < -0.3 is 38.3 Å². The Morgan fingerprint density at radius 3 is 1.91 bits per heavy atom. The van der Waals surface area contributed by atoms with Crippen LogP contribution in [0.2, 0.25) is 0 Å². The van der Waals surface area contributed by atoms with E-state index in [0.717, 1.165) is 0 Å². The molecule has 0 rings (SSSR count). The Labute approximate surface area is 205 Å². The van der Waals surface area contributed by atoms with Gasteiger partial charge in [0, 0.05) is 6.54 Å². The molecule has 0 heterocycles. The summed E-state index contributed by atoms with van der Waals surface area (Å²) >= 11 is 1.50. The lowest BCUT2D eigenvalue weighted by Gasteiger charge is -2.27. The van der Waals surface area contributed by atoms with E-state index in [1.807, 2.05) is 6.26 Å². The number of nitrogens with one attached hydrogen (secondary N) is 3. The second kappa shape index (κ2) is 16.1. The fourth-order valence-corrected chi connectivity index (χ4v) is 3.45. The molecular weight excluding hydrogens is 462 g/mol. The molecule has 0 saturated carbocycles. The second-order valence-corrected chi connectivity index (χ2v) is 9.68. The monoisotopic (exact) mass is 503 g/mol. The van der Waals surface area contributed by atoms with Crippen molar-refractivity contribution < 1.29 is 24.3 Å². The van der Waals surface area contributed by atoms with Gasteiger partial charge >= 0.3 is 5.97 Å². The molecule has 0 radical (unpaired) electrons. The molecule has 12 nitrogen and oxygen atoms in total. The number of amides is 3. The maximum atomic E-state index is 13.0. The number of aliphatic imine (C=N–C) groups is 1. The first-order valence-corrected chi connectivity index (χ1v) is 12.6. The number of hydrogen-bond donors (Lipinski definition) is 7. The van der Waals surface area contributed by atoms with Gasteiger partial charge in [-0.2, -0.15) is 11.8 Å². The third kappa shape index (κ3) is 12.1. The summed E-state index contributed by atoms with van der Waals surface area (Å²) in [5.41, 5.74) is 16.5. The molecule has 0 aromatic heterocycles. The first-order valence-electron chi connectivity index (χ1n) is 11.3. The second-order valence-electron chi connectivity index (χ2n) is 8.70. The van der Waals surface area contributed by atoms with Crippen molar-refractivity contribution in [1.29, 1.82) is 0 Å². The number of carboxylic acid groups (broad SMARTS) is 1. The number of nitrogens with two attached hydrogens (primary N) is 3. The van der Waals surface area contributed by atoms with Gasteiger partial charge in [0.2, 0.25) is 17.7 Å². The van der Waals surface area contributed by atoms with Crippen molar-refractivity contribution >= 4 is 41.4 Å². The minimum atomic E-state index is -1.16. The van der Waals surface area contributed by atoms with E-state index >= 15 is 0 Å². The van der Waals surface area contributed by atoms with Crippen molar-refractivity contribution in [2.45, 2.75) is 71.1 Å². The number of guanidine groups is 1. The number of carbonyl (C=O) groups excluding carboxylic acids is 3. The number of carbonyl (C=O) groups is 4. The Hall–Kier alpha value is -2.54. The highest BCUT2D eigenvalue weighted by atomic mass is 32.2. The molecule has 0 fully saturated rings. The highest BCUT2D eigenvalue weighted by Crippen LogP contribution is 2.09. The molecule has 34 heavy (non-hydrogen) atoms. The number of nitrogens with zero attached hydrogens (tertiary/aromatic N) is 1. The molecule has 0 bridgehead atoms. The van der Waals surface area contributed by atoms with E-state index in [9.17, 15) is 24.3 Å². The lowest BCUT2D eigenvalue weighted by molar-refractivity contribution is -0.143. The zero-order valence-electron chi connectivity index (χ0n) is 20.7. The van der Waals surface area contributed by atoms with Crippen molar-refractivity contribution in [1.82, 2.24) is 16.0 Å². The van der Waals surface area contributed by atoms with Gasteiger partial charge in [0.25, 0.3) is 0 Å².